The number of fused-ring (bicyclic) bond motifs is 8. The first-order valence-electron chi connectivity index (χ1n) is 23.8. The summed E-state index contributed by atoms with van der Waals surface area (Å²) in [6.07, 6.45) is 0. The molecule has 13 aromatic rings. The van der Waals surface area contributed by atoms with Crippen LogP contribution in [0, 0.1) is 20.8 Å². The van der Waals surface area contributed by atoms with Crippen LogP contribution in [-0.2, 0) is 0 Å². The topological polar surface area (TPSA) is 21.5 Å². The molecule has 0 unspecified atom stereocenters. The van der Waals surface area contributed by atoms with Gasteiger partial charge in [-0.05, 0) is 168 Å². The summed E-state index contributed by atoms with van der Waals surface area (Å²) in [6.45, 7) is 10.6. The van der Waals surface area contributed by atoms with Gasteiger partial charge in [0.1, 0.15) is 0 Å². The van der Waals surface area contributed by atoms with Crippen molar-refractivity contribution in [2.24, 2.45) is 0 Å². The molecule has 0 fully saturated rings. The summed E-state index contributed by atoms with van der Waals surface area (Å²) < 4.78 is 1.93. The van der Waals surface area contributed by atoms with E-state index in [9.17, 15) is 4.79 Å². The molecule has 326 valence electrons. The van der Waals surface area contributed by atoms with E-state index >= 15 is 0 Å². The van der Waals surface area contributed by atoms with Crippen molar-refractivity contribution in [3.63, 3.8) is 0 Å². The van der Waals surface area contributed by atoms with Crippen molar-refractivity contribution < 1.29 is 0 Å². The first-order valence-corrected chi connectivity index (χ1v) is 23.8. The Morgan fingerprint density at radius 2 is 0.809 bits per heavy atom. The summed E-state index contributed by atoms with van der Waals surface area (Å²) in [6, 6.07) is 77.8. The van der Waals surface area contributed by atoms with Gasteiger partial charge in [-0.25, -0.2) is 0 Å². The Hall–Kier alpha value is -8.33. The first kappa shape index (κ1) is 42.3. The Morgan fingerprint density at radius 3 is 1.50 bits per heavy atom. The van der Waals surface area contributed by atoms with E-state index in [-0.39, 0.29) is 5.56 Å². The summed E-state index contributed by atoms with van der Waals surface area (Å²) >= 11 is 0. The number of aryl methyl sites for hydroxylation is 2. The Kier molecular flexibility index (Phi) is 10.9. The molecule has 2 nitrogen and oxygen atoms in total. The van der Waals surface area contributed by atoms with Crippen molar-refractivity contribution >= 4 is 70.3 Å². The van der Waals surface area contributed by atoms with Crippen LogP contribution in [0.5, 0.6) is 0 Å². The molecule has 2 heterocycles. The molecule has 13 rings (SSSR count). The second-order valence-electron chi connectivity index (χ2n) is 17.8. The second-order valence-corrected chi connectivity index (χ2v) is 17.8. The van der Waals surface area contributed by atoms with Gasteiger partial charge in [-0.3, -0.25) is 9.20 Å². The minimum absolute atomic E-state index is 0.0324. The van der Waals surface area contributed by atoms with Gasteiger partial charge in [0.25, 0.3) is 5.56 Å². The van der Waals surface area contributed by atoms with E-state index in [1.54, 1.807) is 0 Å². The summed E-state index contributed by atoms with van der Waals surface area (Å²) in [5, 5.41) is 12.5. The monoisotopic (exact) mass is 873 g/mol. The Balaban J connectivity index is 0.000000161. The standard InChI is InChI=1S/C39H23NO.C25H22.C2H6/c41-39-33-12-6-5-11-32(33)35-22-31(29-16-14-25-8-2-4-10-27(25)20-29)23-36-34-21-30(17-18-37(34)40(39)38(35)36)28-15-13-24-7-1-3-9-26(24)19-28;1-17-9-4-6-12-22(17)25-16-21(15-18(2)19(25)3)24-14-8-11-20-10-5-7-13-23(20)24;1-2/h1-23H;4-16H,1-3H3;1-2H3. The zero-order valence-corrected chi connectivity index (χ0v) is 39.1. The Bertz CT molecular complexity index is 4110. The quantitative estimate of drug-likeness (QED) is 0.161. The van der Waals surface area contributed by atoms with Crippen LogP contribution in [0.25, 0.3) is 115 Å². The number of hydrogen-bond acceptors (Lipinski definition) is 1. The molecule has 2 aromatic heterocycles. The van der Waals surface area contributed by atoms with E-state index in [2.05, 4.69) is 221 Å². The van der Waals surface area contributed by atoms with Crippen LogP contribution in [0.4, 0.5) is 0 Å². The molecule has 0 radical (unpaired) electrons. The van der Waals surface area contributed by atoms with Gasteiger partial charge in [0, 0.05) is 21.5 Å². The van der Waals surface area contributed by atoms with E-state index in [1.165, 1.54) is 82.4 Å². The molecule has 2 heteroatoms. The van der Waals surface area contributed by atoms with Gasteiger partial charge in [-0.2, -0.15) is 0 Å². The highest BCUT2D eigenvalue weighted by atomic mass is 16.1. The third-order valence-electron chi connectivity index (χ3n) is 13.9. The zero-order chi connectivity index (χ0) is 46.5. The van der Waals surface area contributed by atoms with Crippen molar-refractivity contribution in [1.29, 1.82) is 0 Å². The van der Waals surface area contributed by atoms with Crippen LogP contribution < -0.4 is 5.56 Å². The zero-order valence-electron chi connectivity index (χ0n) is 39.1. The van der Waals surface area contributed by atoms with E-state index in [0.717, 1.165) is 49.1 Å². The normalized spacial score (nSPS) is 11.4. The van der Waals surface area contributed by atoms with Crippen molar-refractivity contribution in [2.75, 3.05) is 0 Å². The van der Waals surface area contributed by atoms with Crippen LogP contribution in [-0.4, -0.2) is 4.40 Å². The lowest BCUT2D eigenvalue weighted by molar-refractivity contribution is 1.21. The van der Waals surface area contributed by atoms with Crippen LogP contribution in [0.15, 0.2) is 223 Å². The number of aromatic nitrogens is 1. The lowest BCUT2D eigenvalue weighted by atomic mass is 9.89. The van der Waals surface area contributed by atoms with Gasteiger partial charge in [-0.15, -0.1) is 0 Å². The Morgan fingerprint density at radius 1 is 0.309 bits per heavy atom. The molecule has 0 saturated carbocycles. The Labute approximate surface area is 397 Å². The van der Waals surface area contributed by atoms with E-state index in [1.807, 2.05) is 36.4 Å². The average Bonchev–Trinajstić information content (AvgIpc) is 3.73. The molecular weight excluding hydrogens is 823 g/mol. The lowest BCUT2D eigenvalue weighted by Gasteiger charge is -2.16. The predicted molar refractivity (Wildman–Crippen MR) is 294 cm³/mol. The summed E-state index contributed by atoms with van der Waals surface area (Å²) in [5.74, 6) is 0. The fourth-order valence-electron chi connectivity index (χ4n) is 10.3. The molecule has 11 aromatic carbocycles. The van der Waals surface area contributed by atoms with Crippen molar-refractivity contribution in [3.05, 3.63) is 245 Å². The van der Waals surface area contributed by atoms with Crippen LogP contribution in [0.1, 0.15) is 30.5 Å². The van der Waals surface area contributed by atoms with E-state index < -0.39 is 0 Å². The maximum absolute atomic E-state index is 13.9. The molecule has 0 bridgehead atoms. The number of nitrogens with zero attached hydrogens (tertiary/aromatic N) is 1. The van der Waals surface area contributed by atoms with Crippen molar-refractivity contribution in [1.82, 2.24) is 4.40 Å². The fraction of sp³-hybridized carbons (Fsp3) is 0.0758. The molecular formula is C66H51NO. The minimum atomic E-state index is 0.0324. The molecule has 0 spiro atoms. The maximum Gasteiger partial charge on any atom is 0.263 e. The SMILES string of the molecule is CC.Cc1ccccc1-c1cc(-c2cccc3ccccc23)cc(C)c1C.O=c1c2ccccc2c2cc(-c3ccc4ccccc4c3)cc3c4cc(-c5ccc6ccccc6c5)ccc4n1c23. The molecule has 0 atom stereocenters. The summed E-state index contributed by atoms with van der Waals surface area (Å²) in [7, 11) is 0. The molecule has 0 amide bonds. The molecule has 0 aliphatic carbocycles. The van der Waals surface area contributed by atoms with Crippen molar-refractivity contribution in [3.8, 4) is 44.5 Å². The van der Waals surface area contributed by atoms with E-state index in [0.29, 0.717) is 0 Å². The highest BCUT2D eigenvalue weighted by Gasteiger charge is 2.20. The third kappa shape index (κ3) is 7.26. The van der Waals surface area contributed by atoms with Gasteiger partial charge < -0.3 is 0 Å². The van der Waals surface area contributed by atoms with Gasteiger partial charge in [-0.1, -0.05) is 184 Å². The average molecular weight is 874 g/mol. The third-order valence-corrected chi connectivity index (χ3v) is 13.9. The summed E-state index contributed by atoms with van der Waals surface area (Å²) in [4.78, 5) is 13.9. The van der Waals surface area contributed by atoms with Gasteiger partial charge in [0.2, 0.25) is 0 Å². The smallest absolute Gasteiger partial charge is 0.263 e. The highest BCUT2D eigenvalue weighted by Crippen LogP contribution is 2.41. The lowest BCUT2D eigenvalue weighted by Crippen LogP contribution is -2.12. The van der Waals surface area contributed by atoms with E-state index in [4.69, 9.17) is 0 Å². The second kappa shape index (κ2) is 17.5. The van der Waals surface area contributed by atoms with Crippen LogP contribution in [0.2, 0.25) is 0 Å². The largest absolute Gasteiger partial charge is 0.275 e. The van der Waals surface area contributed by atoms with Gasteiger partial charge in [0.15, 0.2) is 0 Å². The first-order chi connectivity index (χ1) is 33.4. The summed E-state index contributed by atoms with van der Waals surface area (Å²) in [5.41, 5.74) is 15.9. The van der Waals surface area contributed by atoms with Crippen LogP contribution in [0.3, 0.4) is 0 Å². The van der Waals surface area contributed by atoms with Gasteiger partial charge >= 0.3 is 0 Å². The maximum atomic E-state index is 13.9. The molecule has 0 aliphatic heterocycles. The molecule has 0 aliphatic rings. The van der Waals surface area contributed by atoms with Crippen LogP contribution >= 0.6 is 0 Å². The number of benzene rings is 11. The number of pyridine rings is 1. The van der Waals surface area contributed by atoms with Gasteiger partial charge in [0.05, 0.1) is 11.0 Å². The highest BCUT2D eigenvalue weighted by molar-refractivity contribution is 6.22. The predicted octanol–water partition coefficient (Wildman–Crippen LogP) is 18.0. The number of rotatable bonds is 4. The molecule has 0 saturated heterocycles. The fourth-order valence-corrected chi connectivity index (χ4v) is 10.3. The molecule has 68 heavy (non-hydrogen) atoms. The number of hydrogen-bond donors (Lipinski definition) is 0. The molecule has 0 N–H and O–H groups in total. The minimum Gasteiger partial charge on any atom is -0.275 e. The van der Waals surface area contributed by atoms with Crippen molar-refractivity contribution in [2.45, 2.75) is 34.6 Å².